The first-order chi connectivity index (χ1) is 5.20. The Morgan fingerprint density at radius 2 is 1.45 bits per heavy atom. The molecule has 0 saturated heterocycles. The second-order valence-corrected chi connectivity index (χ2v) is 2.50. The van der Waals surface area contributed by atoms with Crippen LogP contribution in [0.5, 0.6) is 0 Å². The smallest absolute Gasteiger partial charge is 0.309 e. The lowest BCUT2D eigenvalue weighted by molar-refractivity contribution is -0.148. The van der Waals surface area contributed by atoms with Crippen LogP contribution in [0, 0.1) is 11.8 Å². The molecule has 0 bridgehead atoms. The quantitative estimate of drug-likeness (QED) is 0.529. The van der Waals surface area contributed by atoms with Crippen molar-refractivity contribution in [2.75, 3.05) is 14.2 Å². The lowest BCUT2D eigenvalue weighted by Crippen LogP contribution is -2.10. The topological polar surface area (TPSA) is 52.6 Å². The van der Waals surface area contributed by atoms with Gasteiger partial charge in [0.15, 0.2) is 0 Å². The van der Waals surface area contributed by atoms with E-state index in [4.69, 9.17) is 0 Å². The molecule has 0 aromatic heterocycles. The third kappa shape index (κ3) is 1.50. The summed E-state index contributed by atoms with van der Waals surface area (Å²) in [5, 5.41) is 0. The Labute approximate surface area is 64.5 Å². The summed E-state index contributed by atoms with van der Waals surface area (Å²) in [6.07, 6.45) is 0.569. The number of ether oxygens (including phenoxy) is 2. The van der Waals surface area contributed by atoms with Crippen molar-refractivity contribution in [2.45, 2.75) is 6.42 Å². The number of esters is 2. The van der Waals surface area contributed by atoms with Crippen molar-refractivity contribution in [1.29, 1.82) is 0 Å². The fraction of sp³-hybridized carbons (Fsp3) is 0.714. The Bertz CT molecular complexity index is 167. The Kier molecular flexibility index (Phi) is 2.12. The SMILES string of the molecule is COC(=O)C1CC1C(=O)OC. The summed E-state index contributed by atoms with van der Waals surface area (Å²) in [6, 6.07) is 0. The minimum absolute atomic E-state index is 0.257. The molecule has 0 spiro atoms. The van der Waals surface area contributed by atoms with E-state index in [1.165, 1.54) is 14.2 Å². The molecule has 0 aliphatic heterocycles. The summed E-state index contributed by atoms with van der Waals surface area (Å²) < 4.78 is 8.90. The van der Waals surface area contributed by atoms with E-state index in [0.717, 1.165) is 0 Å². The number of methoxy groups -OCH3 is 2. The number of hydrogen-bond acceptors (Lipinski definition) is 4. The van der Waals surface area contributed by atoms with Crippen molar-refractivity contribution in [2.24, 2.45) is 11.8 Å². The fourth-order valence-electron chi connectivity index (χ4n) is 1.02. The van der Waals surface area contributed by atoms with E-state index in [2.05, 4.69) is 9.47 Å². The monoisotopic (exact) mass is 158 g/mol. The van der Waals surface area contributed by atoms with Gasteiger partial charge in [-0.3, -0.25) is 9.59 Å². The number of hydrogen-bond donors (Lipinski definition) is 0. The molecular weight excluding hydrogens is 148 g/mol. The summed E-state index contributed by atoms with van der Waals surface area (Å²) in [5.41, 5.74) is 0. The Morgan fingerprint density at radius 3 is 1.73 bits per heavy atom. The summed E-state index contributed by atoms with van der Waals surface area (Å²) in [7, 11) is 2.63. The Balaban J connectivity index is 2.37. The molecule has 11 heavy (non-hydrogen) atoms. The molecule has 0 heterocycles. The van der Waals surface area contributed by atoms with Gasteiger partial charge in [0, 0.05) is 0 Å². The van der Waals surface area contributed by atoms with Gasteiger partial charge in [0.2, 0.25) is 0 Å². The normalized spacial score (nSPS) is 27.5. The predicted octanol–water partition coefficient (Wildman–Crippen LogP) is -0.0315. The van der Waals surface area contributed by atoms with E-state index in [1.54, 1.807) is 0 Å². The van der Waals surface area contributed by atoms with Crippen molar-refractivity contribution in [1.82, 2.24) is 0 Å². The van der Waals surface area contributed by atoms with Gasteiger partial charge >= 0.3 is 11.9 Å². The summed E-state index contributed by atoms with van der Waals surface area (Å²) in [4.78, 5) is 21.5. The first-order valence-corrected chi connectivity index (χ1v) is 3.36. The largest absolute Gasteiger partial charge is 0.469 e. The van der Waals surface area contributed by atoms with Crippen molar-refractivity contribution in [3.05, 3.63) is 0 Å². The average Bonchev–Trinajstić information content (AvgIpc) is 2.80. The highest BCUT2D eigenvalue weighted by Gasteiger charge is 2.49. The summed E-state index contributed by atoms with van der Waals surface area (Å²) in [6.45, 7) is 0. The molecule has 1 aliphatic rings. The zero-order valence-electron chi connectivity index (χ0n) is 6.49. The van der Waals surface area contributed by atoms with Gasteiger partial charge in [-0.15, -0.1) is 0 Å². The van der Waals surface area contributed by atoms with Crippen LogP contribution < -0.4 is 0 Å². The van der Waals surface area contributed by atoms with Gasteiger partial charge in [-0.1, -0.05) is 0 Å². The number of carbonyl (C=O) groups is 2. The third-order valence-electron chi connectivity index (χ3n) is 1.80. The first-order valence-electron chi connectivity index (χ1n) is 3.36. The second kappa shape index (κ2) is 2.90. The third-order valence-corrected chi connectivity index (χ3v) is 1.80. The van der Waals surface area contributed by atoms with Crippen LogP contribution in [0.2, 0.25) is 0 Å². The van der Waals surface area contributed by atoms with Crippen LogP contribution >= 0.6 is 0 Å². The molecule has 0 N–H and O–H groups in total. The molecule has 4 heteroatoms. The molecule has 0 aromatic rings. The van der Waals surface area contributed by atoms with Gasteiger partial charge in [0.05, 0.1) is 26.1 Å². The van der Waals surface area contributed by atoms with Crippen LogP contribution in [0.15, 0.2) is 0 Å². The molecule has 2 unspecified atom stereocenters. The number of carbonyl (C=O) groups excluding carboxylic acids is 2. The molecule has 1 fully saturated rings. The average molecular weight is 158 g/mol. The maximum Gasteiger partial charge on any atom is 0.309 e. The van der Waals surface area contributed by atoms with Crippen molar-refractivity contribution in [3.63, 3.8) is 0 Å². The van der Waals surface area contributed by atoms with Crippen LogP contribution in [-0.4, -0.2) is 26.2 Å². The molecular formula is C7H10O4. The van der Waals surface area contributed by atoms with Crippen LogP contribution in [0.1, 0.15) is 6.42 Å². The molecule has 1 rings (SSSR count). The van der Waals surface area contributed by atoms with Crippen molar-refractivity contribution >= 4 is 11.9 Å². The second-order valence-electron chi connectivity index (χ2n) is 2.50. The predicted molar refractivity (Wildman–Crippen MR) is 35.6 cm³/mol. The molecule has 0 amide bonds. The van der Waals surface area contributed by atoms with Crippen molar-refractivity contribution < 1.29 is 19.1 Å². The van der Waals surface area contributed by atoms with Gasteiger partial charge in [0.1, 0.15) is 0 Å². The fourth-order valence-corrected chi connectivity index (χ4v) is 1.02. The van der Waals surface area contributed by atoms with Crippen LogP contribution in [0.4, 0.5) is 0 Å². The maximum atomic E-state index is 10.8. The Hall–Kier alpha value is -1.06. The standard InChI is InChI=1S/C7H10O4/c1-10-6(8)4-3-5(4)7(9)11-2/h4-5H,3H2,1-2H3. The van der Waals surface area contributed by atoms with E-state index >= 15 is 0 Å². The molecule has 4 nitrogen and oxygen atoms in total. The minimum Gasteiger partial charge on any atom is -0.469 e. The molecule has 62 valence electrons. The summed E-state index contributed by atoms with van der Waals surface area (Å²) >= 11 is 0. The van der Waals surface area contributed by atoms with Gasteiger partial charge < -0.3 is 9.47 Å². The van der Waals surface area contributed by atoms with E-state index < -0.39 is 0 Å². The van der Waals surface area contributed by atoms with Crippen LogP contribution in [0.25, 0.3) is 0 Å². The summed E-state index contributed by atoms with van der Waals surface area (Å²) in [5.74, 6) is -1.15. The molecule has 1 saturated carbocycles. The highest BCUT2D eigenvalue weighted by molar-refractivity contribution is 5.87. The van der Waals surface area contributed by atoms with Crippen LogP contribution in [-0.2, 0) is 19.1 Å². The van der Waals surface area contributed by atoms with E-state index in [0.29, 0.717) is 6.42 Å². The molecule has 1 aliphatic carbocycles. The maximum absolute atomic E-state index is 10.8. The molecule has 2 atom stereocenters. The lowest BCUT2D eigenvalue weighted by Gasteiger charge is -1.96. The van der Waals surface area contributed by atoms with Gasteiger partial charge in [-0.25, -0.2) is 0 Å². The Morgan fingerprint density at radius 1 is 1.09 bits per heavy atom. The highest BCUT2D eigenvalue weighted by atomic mass is 16.5. The zero-order valence-corrected chi connectivity index (χ0v) is 6.49. The lowest BCUT2D eigenvalue weighted by atomic mass is 10.3. The van der Waals surface area contributed by atoms with Crippen molar-refractivity contribution in [3.8, 4) is 0 Å². The molecule has 0 aromatic carbocycles. The van der Waals surface area contributed by atoms with E-state index in [-0.39, 0.29) is 23.8 Å². The van der Waals surface area contributed by atoms with Crippen LogP contribution in [0.3, 0.4) is 0 Å². The number of rotatable bonds is 2. The zero-order chi connectivity index (χ0) is 8.43. The van der Waals surface area contributed by atoms with Gasteiger partial charge in [-0.05, 0) is 6.42 Å². The molecule has 0 radical (unpaired) electrons. The minimum atomic E-state index is -0.319. The first kappa shape index (κ1) is 8.04. The van der Waals surface area contributed by atoms with E-state index in [1.807, 2.05) is 0 Å². The van der Waals surface area contributed by atoms with Gasteiger partial charge in [-0.2, -0.15) is 0 Å². The van der Waals surface area contributed by atoms with E-state index in [9.17, 15) is 9.59 Å². The van der Waals surface area contributed by atoms with Gasteiger partial charge in [0.25, 0.3) is 0 Å². The highest BCUT2D eigenvalue weighted by Crippen LogP contribution is 2.40.